The highest BCUT2D eigenvalue weighted by Gasteiger charge is 2.20. The number of carbonyl (C=O) groups excluding carboxylic acids is 1. The third-order valence-electron chi connectivity index (χ3n) is 3.72. The first-order valence-electron chi connectivity index (χ1n) is 6.47. The standard InChI is InChI=1S/C15H17NO2/c1-11(17)18-10-8-14-6-5-12-3-2-4-13-7-9-16(14)15(12)13/h2-4,7,9,14H,5-6,8,10H2,1H3. The molecule has 3 heteroatoms. The summed E-state index contributed by atoms with van der Waals surface area (Å²) in [7, 11) is 0. The Labute approximate surface area is 106 Å². The van der Waals surface area contributed by atoms with E-state index in [1.54, 1.807) is 0 Å². The quantitative estimate of drug-likeness (QED) is 0.776. The van der Waals surface area contributed by atoms with Crippen LogP contribution in [0.15, 0.2) is 30.5 Å². The Morgan fingerprint density at radius 1 is 1.44 bits per heavy atom. The molecule has 1 unspecified atom stereocenters. The second-order valence-electron chi connectivity index (χ2n) is 4.90. The van der Waals surface area contributed by atoms with Crippen LogP contribution in [-0.2, 0) is 16.0 Å². The van der Waals surface area contributed by atoms with E-state index in [0.717, 1.165) is 19.3 Å². The van der Waals surface area contributed by atoms with Gasteiger partial charge in [-0.3, -0.25) is 4.79 Å². The lowest BCUT2D eigenvalue weighted by atomic mass is 9.97. The Morgan fingerprint density at radius 2 is 2.33 bits per heavy atom. The van der Waals surface area contributed by atoms with Crippen LogP contribution in [-0.4, -0.2) is 17.1 Å². The summed E-state index contributed by atoms with van der Waals surface area (Å²) in [5, 5.41) is 1.31. The van der Waals surface area contributed by atoms with Crippen LogP contribution < -0.4 is 0 Å². The fourth-order valence-corrected chi connectivity index (χ4v) is 2.89. The molecule has 0 bridgehead atoms. The summed E-state index contributed by atoms with van der Waals surface area (Å²) < 4.78 is 7.40. The lowest BCUT2D eigenvalue weighted by molar-refractivity contribution is -0.141. The molecule has 1 atom stereocenters. The molecule has 1 aromatic heterocycles. The largest absolute Gasteiger partial charge is 0.466 e. The Hall–Kier alpha value is -1.77. The first kappa shape index (κ1) is 11.3. The van der Waals surface area contributed by atoms with E-state index in [0.29, 0.717) is 12.6 Å². The van der Waals surface area contributed by atoms with Crippen molar-refractivity contribution in [3.63, 3.8) is 0 Å². The van der Waals surface area contributed by atoms with Crippen molar-refractivity contribution < 1.29 is 9.53 Å². The van der Waals surface area contributed by atoms with Crippen LogP contribution in [0.5, 0.6) is 0 Å². The number of para-hydroxylation sites is 1. The van der Waals surface area contributed by atoms with Crippen LogP contribution in [0.25, 0.3) is 10.9 Å². The molecule has 0 fully saturated rings. The monoisotopic (exact) mass is 243 g/mol. The molecule has 0 radical (unpaired) electrons. The van der Waals surface area contributed by atoms with Crippen molar-refractivity contribution >= 4 is 16.9 Å². The lowest BCUT2D eigenvalue weighted by Gasteiger charge is -2.25. The number of aromatic nitrogens is 1. The third kappa shape index (κ3) is 1.90. The van der Waals surface area contributed by atoms with Gasteiger partial charge in [-0.25, -0.2) is 0 Å². The summed E-state index contributed by atoms with van der Waals surface area (Å²) in [6.07, 6.45) is 5.30. The van der Waals surface area contributed by atoms with Crippen LogP contribution in [0.1, 0.15) is 31.4 Å². The van der Waals surface area contributed by atoms with Crippen molar-refractivity contribution in [2.24, 2.45) is 0 Å². The molecule has 0 saturated heterocycles. The van der Waals surface area contributed by atoms with Crippen molar-refractivity contribution in [3.8, 4) is 0 Å². The van der Waals surface area contributed by atoms with E-state index in [1.165, 1.54) is 23.4 Å². The minimum Gasteiger partial charge on any atom is -0.466 e. The van der Waals surface area contributed by atoms with Crippen molar-refractivity contribution in [2.45, 2.75) is 32.2 Å². The fourth-order valence-electron chi connectivity index (χ4n) is 2.89. The highest BCUT2D eigenvalue weighted by Crippen LogP contribution is 2.33. The molecule has 3 rings (SSSR count). The highest BCUT2D eigenvalue weighted by molar-refractivity contribution is 5.84. The van der Waals surface area contributed by atoms with Crippen LogP contribution in [0.3, 0.4) is 0 Å². The van der Waals surface area contributed by atoms with E-state index in [2.05, 4.69) is 35.0 Å². The lowest BCUT2D eigenvalue weighted by Crippen LogP contribution is -2.17. The topological polar surface area (TPSA) is 31.2 Å². The van der Waals surface area contributed by atoms with Gasteiger partial charge in [0, 0.05) is 25.6 Å². The second kappa shape index (κ2) is 4.48. The van der Waals surface area contributed by atoms with Crippen LogP contribution in [0.4, 0.5) is 0 Å². The minimum absolute atomic E-state index is 0.191. The number of carbonyl (C=O) groups is 1. The zero-order valence-electron chi connectivity index (χ0n) is 10.6. The zero-order valence-corrected chi connectivity index (χ0v) is 10.6. The Balaban J connectivity index is 1.84. The molecule has 2 heterocycles. The van der Waals surface area contributed by atoms with Crippen molar-refractivity contribution in [2.75, 3.05) is 6.61 Å². The van der Waals surface area contributed by atoms with Gasteiger partial charge in [0.2, 0.25) is 0 Å². The Bertz CT molecular complexity index is 585. The van der Waals surface area contributed by atoms with E-state index in [1.807, 2.05) is 0 Å². The molecule has 18 heavy (non-hydrogen) atoms. The molecule has 3 nitrogen and oxygen atoms in total. The number of hydrogen-bond donors (Lipinski definition) is 0. The smallest absolute Gasteiger partial charge is 0.302 e. The molecular formula is C15H17NO2. The van der Waals surface area contributed by atoms with Crippen LogP contribution in [0.2, 0.25) is 0 Å². The second-order valence-corrected chi connectivity index (χ2v) is 4.90. The molecule has 1 aliphatic heterocycles. The summed E-state index contributed by atoms with van der Waals surface area (Å²) in [4.78, 5) is 10.8. The average Bonchev–Trinajstić information content (AvgIpc) is 2.78. The van der Waals surface area contributed by atoms with Crippen LogP contribution >= 0.6 is 0 Å². The molecule has 2 aromatic rings. The van der Waals surface area contributed by atoms with E-state index in [4.69, 9.17) is 4.74 Å². The molecule has 0 saturated carbocycles. The number of nitrogens with zero attached hydrogens (tertiary/aromatic N) is 1. The zero-order chi connectivity index (χ0) is 12.5. The highest BCUT2D eigenvalue weighted by atomic mass is 16.5. The minimum atomic E-state index is -0.191. The van der Waals surface area contributed by atoms with Gasteiger partial charge in [-0.2, -0.15) is 0 Å². The molecule has 0 amide bonds. The van der Waals surface area contributed by atoms with E-state index in [9.17, 15) is 4.79 Å². The van der Waals surface area contributed by atoms with Gasteiger partial charge >= 0.3 is 5.97 Å². The van der Waals surface area contributed by atoms with Gasteiger partial charge in [0.1, 0.15) is 0 Å². The SMILES string of the molecule is CC(=O)OCCC1CCc2cccc3ccn1c23. The van der Waals surface area contributed by atoms with Gasteiger partial charge in [-0.05, 0) is 29.9 Å². The molecular weight excluding hydrogens is 226 g/mol. The normalized spacial score (nSPS) is 17.9. The summed E-state index contributed by atoms with van der Waals surface area (Å²) >= 11 is 0. The van der Waals surface area contributed by atoms with E-state index < -0.39 is 0 Å². The van der Waals surface area contributed by atoms with E-state index in [-0.39, 0.29) is 5.97 Å². The summed E-state index contributed by atoms with van der Waals surface area (Å²) in [5.41, 5.74) is 2.79. The summed E-state index contributed by atoms with van der Waals surface area (Å²) in [5.74, 6) is -0.191. The van der Waals surface area contributed by atoms with Gasteiger partial charge in [-0.15, -0.1) is 0 Å². The van der Waals surface area contributed by atoms with Gasteiger partial charge < -0.3 is 9.30 Å². The van der Waals surface area contributed by atoms with E-state index >= 15 is 0 Å². The molecule has 0 aliphatic carbocycles. The predicted octanol–water partition coefficient (Wildman–Crippen LogP) is 3.08. The Morgan fingerprint density at radius 3 is 3.17 bits per heavy atom. The van der Waals surface area contributed by atoms with Crippen LogP contribution in [0, 0.1) is 0 Å². The molecule has 94 valence electrons. The third-order valence-corrected chi connectivity index (χ3v) is 3.72. The number of ether oxygens (including phenoxy) is 1. The summed E-state index contributed by atoms with van der Waals surface area (Å²) in [6.45, 7) is 1.98. The fraction of sp³-hybridized carbons (Fsp3) is 0.400. The number of hydrogen-bond acceptors (Lipinski definition) is 2. The number of benzene rings is 1. The number of rotatable bonds is 3. The van der Waals surface area contributed by atoms with Gasteiger partial charge in [0.05, 0.1) is 12.1 Å². The maximum atomic E-state index is 10.8. The predicted molar refractivity (Wildman–Crippen MR) is 70.5 cm³/mol. The molecule has 0 spiro atoms. The molecule has 1 aliphatic rings. The Kier molecular flexibility index (Phi) is 2.82. The molecule has 1 aromatic carbocycles. The maximum absolute atomic E-state index is 10.8. The average molecular weight is 243 g/mol. The first-order chi connectivity index (χ1) is 8.75. The van der Waals surface area contributed by atoms with Crippen molar-refractivity contribution in [1.82, 2.24) is 4.57 Å². The number of aryl methyl sites for hydroxylation is 1. The maximum Gasteiger partial charge on any atom is 0.302 e. The van der Waals surface area contributed by atoms with Gasteiger partial charge in [0.15, 0.2) is 0 Å². The van der Waals surface area contributed by atoms with Crippen molar-refractivity contribution in [3.05, 3.63) is 36.0 Å². The van der Waals surface area contributed by atoms with Gasteiger partial charge in [0.25, 0.3) is 0 Å². The first-order valence-corrected chi connectivity index (χ1v) is 6.47. The summed E-state index contributed by atoms with van der Waals surface area (Å²) in [6, 6.07) is 9.12. The molecule has 0 N–H and O–H groups in total. The van der Waals surface area contributed by atoms with Crippen molar-refractivity contribution in [1.29, 1.82) is 0 Å². The van der Waals surface area contributed by atoms with Gasteiger partial charge in [-0.1, -0.05) is 18.2 Å². The number of esters is 1.